The molecule has 0 radical (unpaired) electrons. The number of nitro groups is 2. The predicted octanol–water partition coefficient (Wildman–Crippen LogP) is 21.0. The van der Waals surface area contributed by atoms with Gasteiger partial charge in [0.15, 0.2) is 0 Å². The van der Waals surface area contributed by atoms with Gasteiger partial charge in [-0.05, 0) is 194 Å². The van der Waals surface area contributed by atoms with Crippen LogP contribution in [0.25, 0.3) is 43.1 Å². The number of hydrogen-bond acceptors (Lipinski definition) is 20. The minimum Gasteiger partial charge on any atom is -0.472 e. The molecule has 1 saturated carbocycles. The van der Waals surface area contributed by atoms with E-state index in [0.29, 0.717) is 94.4 Å². The van der Waals surface area contributed by atoms with E-state index in [1.807, 2.05) is 168 Å². The summed E-state index contributed by atoms with van der Waals surface area (Å²) in [6.45, 7) is 13.8. The van der Waals surface area contributed by atoms with E-state index in [0.717, 1.165) is 107 Å². The molecule has 27 heteroatoms. The van der Waals surface area contributed by atoms with Gasteiger partial charge in [0.2, 0.25) is 35.3 Å². The summed E-state index contributed by atoms with van der Waals surface area (Å²) in [5, 5.41) is 32.5. The zero-order chi connectivity index (χ0) is 82.1. The van der Waals surface area contributed by atoms with Crippen LogP contribution < -0.4 is 45.0 Å². The van der Waals surface area contributed by atoms with Crippen molar-refractivity contribution < 1.29 is 38.3 Å². The minimum atomic E-state index is -0.562. The second-order valence-corrected chi connectivity index (χ2v) is 29.9. The molecule has 7 aromatic carbocycles. The summed E-state index contributed by atoms with van der Waals surface area (Å²) >= 11 is 24.6. The number of anilines is 2. The fourth-order valence-electron chi connectivity index (χ4n) is 13.6. The molecule has 1 fully saturated rings. The van der Waals surface area contributed by atoms with Gasteiger partial charge in [0.25, 0.3) is 16.9 Å². The standard InChI is InChI=1S/C32H37ClN4O2.C24H20ClN3O4.C24H22ClN3O2.C9H5ClN2O3/c1-21-16-22(2)35-32(38-19-23-8-6-5-7-9-23)29(21)20-39-31-28-17-24(33)18-30(27(28)14-15-34-31)36-25-10-12-26(13-11-25)37(3)4;1-15-10-16(2)27-24(31-13-17-6-4-3-5-7-17)21(15)14-32-23-20-11-18(25)12-22(28(29)30)19(20)8-9-26-23;1-15-10-16(2)28-24(29-13-17-6-4-3-5-7-17)21(15)14-30-23-20-11-18(25)12-22(26)19(20)8-9-27-23;10-5-3-7-6(1-2-11-9(7)13)8(4-5)12(14)15/h5-9,14-18,25-26,36H,10-13,19-20H2,1-4H3;3-12H,13-14H2,1-2H3;3-12H,13-14,26H2,1-2H3;1-4H,(H,11,13). The Kier molecular flexibility index (Phi) is 27.8. The van der Waals surface area contributed by atoms with E-state index in [2.05, 4.69) is 72.2 Å². The van der Waals surface area contributed by atoms with E-state index in [1.165, 1.54) is 49.5 Å². The predicted molar refractivity (Wildman–Crippen MR) is 457 cm³/mol. The van der Waals surface area contributed by atoms with Gasteiger partial charge in [-0.3, -0.25) is 25.0 Å². The molecule has 14 aromatic rings. The van der Waals surface area contributed by atoms with E-state index in [4.69, 9.17) is 80.6 Å². The highest BCUT2D eigenvalue weighted by atomic mass is 35.5. The van der Waals surface area contributed by atoms with Crippen LogP contribution in [0.3, 0.4) is 0 Å². The van der Waals surface area contributed by atoms with E-state index in [1.54, 1.807) is 30.6 Å². The van der Waals surface area contributed by atoms with Crippen LogP contribution in [0.5, 0.6) is 35.3 Å². The first-order valence-electron chi connectivity index (χ1n) is 37.2. The summed E-state index contributed by atoms with van der Waals surface area (Å²) in [5.74, 6) is 2.90. The molecule has 23 nitrogen and oxygen atoms in total. The number of nitro benzene ring substituents is 2. The molecule has 15 rings (SSSR count). The quantitative estimate of drug-likeness (QED) is 0.0304. The maximum Gasteiger partial charge on any atom is 0.278 e. The summed E-state index contributed by atoms with van der Waals surface area (Å²) < 4.78 is 36.6. The molecule has 0 atom stereocenters. The third kappa shape index (κ3) is 21.4. The number of rotatable bonds is 23. The summed E-state index contributed by atoms with van der Waals surface area (Å²) in [4.78, 5) is 64.3. The fourth-order valence-corrected chi connectivity index (χ4v) is 14.5. The minimum absolute atomic E-state index is 0.0974. The molecule has 7 aromatic heterocycles. The van der Waals surface area contributed by atoms with Gasteiger partial charge in [-0.15, -0.1) is 0 Å². The number of nitrogens with zero attached hydrogens (tertiary/aromatic N) is 9. The van der Waals surface area contributed by atoms with Crippen molar-refractivity contribution in [3.8, 4) is 35.3 Å². The number of ether oxygens (including phenoxy) is 6. The number of hydrogen-bond donors (Lipinski definition) is 3. The molecule has 1 aliphatic rings. The number of aromatic amines is 1. The van der Waals surface area contributed by atoms with Gasteiger partial charge in [-0.25, -0.2) is 29.9 Å². The summed E-state index contributed by atoms with van der Waals surface area (Å²) in [5.41, 5.74) is 18.5. The van der Waals surface area contributed by atoms with E-state index in [9.17, 15) is 25.0 Å². The van der Waals surface area contributed by atoms with Crippen LogP contribution in [-0.2, 0) is 39.6 Å². The van der Waals surface area contributed by atoms with Gasteiger partial charge in [0.05, 0.1) is 48.1 Å². The topological polar surface area (TPSA) is 293 Å². The molecule has 0 amide bonds. The Morgan fingerprint density at radius 2 is 0.784 bits per heavy atom. The van der Waals surface area contributed by atoms with Gasteiger partial charge in [0, 0.05) is 119 Å². The molecule has 0 saturated heterocycles. The molecular formula is C89H84Cl4N12O11. The van der Waals surface area contributed by atoms with Gasteiger partial charge in [0.1, 0.15) is 39.6 Å². The lowest BCUT2D eigenvalue weighted by Crippen LogP contribution is -2.36. The number of fused-ring (bicyclic) bond motifs is 4. The smallest absolute Gasteiger partial charge is 0.278 e. The Balaban J connectivity index is 0.000000148. The molecule has 7 heterocycles. The van der Waals surface area contributed by atoms with E-state index < -0.39 is 15.4 Å². The highest BCUT2D eigenvalue weighted by Crippen LogP contribution is 2.39. The van der Waals surface area contributed by atoms with Crippen LogP contribution >= 0.6 is 46.4 Å². The first-order chi connectivity index (χ1) is 55.9. The van der Waals surface area contributed by atoms with Crippen molar-refractivity contribution in [2.75, 3.05) is 25.1 Å². The molecule has 4 N–H and O–H groups in total. The van der Waals surface area contributed by atoms with Gasteiger partial charge in [-0.1, -0.05) is 137 Å². The second-order valence-electron chi connectivity index (χ2n) is 28.1. The molecular weight excluding hydrogens is 1550 g/mol. The first-order valence-corrected chi connectivity index (χ1v) is 38.7. The maximum atomic E-state index is 11.4. The van der Waals surface area contributed by atoms with E-state index in [-0.39, 0.29) is 51.3 Å². The Labute approximate surface area is 690 Å². The fraction of sp³-hybridized carbons (Fsp3) is 0.225. The number of benzene rings is 7. The van der Waals surface area contributed by atoms with Gasteiger partial charge in [-0.2, -0.15) is 0 Å². The van der Waals surface area contributed by atoms with Crippen molar-refractivity contribution in [3.63, 3.8) is 0 Å². The lowest BCUT2D eigenvalue weighted by atomic mass is 9.90. The lowest BCUT2D eigenvalue weighted by molar-refractivity contribution is -0.383. The van der Waals surface area contributed by atoms with Crippen LogP contribution in [0.2, 0.25) is 20.1 Å². The molecule has 594 valence electrons. The highest BCUT2D eigenvalue weighted by Gasteiger charge is 2.25. The number of non-ortho nitro benzene ring substituents is 2. The third-order valence-corrected chi connectivity index (χ3v) is 20.3. The largest absolute Gasteiger partial charge is 0.472 e. The zero-order valence-corrected chi connectivity index (χ0v) is 68.0. The van der Waals surface area contributed by atoms with Crippen molar-refractivity contribution in [2.24, 2.45) is 0 Å². The molecule has 1 aliphatic carbocycles. The monoisotopic (exact) mass is 1640 g/mol. The summed E-state index contributed by atoms with van der Waals surface area (Å²) in [7, 11) is 4.34. The SMILES string of the molecule is Cc1cc(C)c(COc2nccc3c(N)cc(Cl)cc23)c(OCc2ccccc2)n1.Cc1cc(C)c(COc2nccc3c(NC4CCC(N(C)C)CC4)cc(Cl)cc23)c(OCc2ccccc2)n1.Cc1cc(C)c(COc2nccc3c([N+](=O)[O-])cc(Cl)cc23)c(OCc2ccccc2)n1.O=c1[nH]ccc2c([N+](=O)[O-])cc(Cl)cc12. The van der Waals surface area contributed by atoms with Crippen LogP contribution in [0, 0.1) is 61.8 Å². The average molecular weight is 1640 g/mol. The second kappa shape index (κ2) is 38.7. The van der Waals surface area contributed by atoms with Crippen molar-refractivity contribution in [1.82, 2.24) is 39.8 Å². The van der Waals surface area contributed by atoms with Crippen molar-refractivity contribution in [1.29, 1.82) is 0 Å². The number of aryl methyl sites for hydroxylation is 6. The molecule has 0 aliphatic heterocycles. The molecule has 0 unspecified atom stereocenters. The number of aromatic nitrogens is 7. The van der Waals surface area contributed by atoms with Crippen LogP contribution in [0.15, 0.2) is 212 Å². The molecule has 0 bridgehead atoms. The number of nitrogen functional groups attached to an aromatic ring is 1. The Morgan fingerprint density at radius 3 is 1.20 bits per heavy atom. The normalized spacial score (nSPS) is 13.0. The first kappa shape index (κ1) is 83.2. The molecule has 116 heavy (non-hydrogen) atoms. The van der Waals surface area contributed by atoms with Gasteiger partial charge < -0.3 is 49.4 Å². The summed E-state index contributed by atoms with van der Waals surface area (Å²) in [6, 6.07) is 57.0. The number of nitrogens with one attached hydrogen (secondary N) is 2. The molecule has 0 spiro atoms. The third-order valence-electron chi connectivity index (χ3n) is 19.5. The summed E-state index contributed by atoms with van der Waals surface area (Å²) in [6.07, 6.45) is 11.0. The number of pyridine rings is 7. The van der Waals surface area contributed by atoms with E-state index >= 15 is 0 Å². The van der Waals surface area contributed by atoms with Gasteiger partial charge >= 0.3 is 0 Å². The van der Waals surface area contributed by atoms with Crippen LogP contribution in [0.4, 0.5) is 22.7 Å². The van der Waals surface area contributed by atoms with Crippen molar-refractivity contribution in [2.45, 2.75) is 119 Å². The highest BCUT2D eigenvalue weighted by molar-refractivity contribution is 6.33. The lowest BCUT2D eigenvalue weighted by Gasteiger charge is -2.33. The Hall–Kier alpha value is -12.3. The maximum absolute atomic E-state index is 11.4. The Bertz CT molecular complexity index is 5930. The van der Waals surface area contributed by atoms with Crippen molar-refractivity contribution in [3.05, 3.63) is 325 Å². The number of H-pyrrole nitrogens is 1. The zero-order valence-electron chi connectivity index (χ0n) is 65.0. The Morgan fingerprint density at radius 1 is 0.431 bits per heavy atom. The van der Waals surface area contributed by atoms with Crippen LogP contribution in [-0.4, -0.2) is 75.8 Å². The average Bonchev–Trinajstić information content (AvgIpc) is 0.796. The van der Waals surface area contributed by atoms with Crippen LogP contribution in [0.1, 0.15) is 92.8 Å². The number of halogens is 4. The van der Waals surface area contributed by atoms with Crippen molar-refractivity contribution >= 4 is 112 Å². The number of nitrogens with two attached hydrogens (primary N) is 1.